The Morgan fingerprint density at radius 2 is 1.89 bits per heavy atom. The molecular weight excluding hydrogens is 372 g/mol. The zero-order valence-corrected chi connectivity index (χ0v) is 18.7. The Kier molecular flexibility index (Phi) is 8.31. The van der Waals surface area contributed by atoms with Crippen molar-refractivity contribution in [3.8, 4) is 0 Å². The van der Waals surface area contributed by atoms with Crippen molar-refractivity contribution in [1.82, 2.24) is 15.5 Å². The molecule has 0 aromatic heterocycles. The normalized spacial score (nSPS) is 22.4. The third-order valence-corrected chi connectivity index (χ3v) is 7.20. The average molecular weight is 409 g/mol. The van der Waals surface area contributed by atoms with E-state index in [4.69, 9.17) is 0 Å². The molecule has 0 aliphatic carbocycles. The molecule has 0 saturated carbocycles. The van der Waals surface area contributed by atoms with E-state index in [1.165, 1.54) is 0 Å². The predicted molar refractivity (Wildman–Crippen MR) is 116 cm³/mol. The van der Waals surface area contributed by atoms with Crippen molar-refractivity contribution in [3.63, 3.8) is 0 Å². The zero-order chi connectivity index (χ0) is 20.7. The van der Waals surface area contributed by atoms with Crippen molar-refractivity contribution in [2.45, 2.75) is 64.1 Å². The number of guanidine groups is 1. The van der Waals surface area contributed by atoms with Gasteiger partial charge in [0.1, 0.15) is 0 Å². The summed E-state index contributed by atoms with van der Waals surface area (Å²) >= 11 is 0. The maximum atomic E-state index is 12.7. The minimum absolute atomic E-state index is 0.0519. The molecule has 0 radical (unpaired) electrons. The van der Waals surface area contributed by atoms with Crippen LogP contribution < -0.4 is 10.6 Å². The molecule has 1 saturated heterocycles. The fourth-order valence-corrected chi connectivity index (χ4v) is 5.14. The molecule has 0 bridgehead atoms. The zero-order valence-electron chi connectivity index (χ0n) is 17.9. The topological polar surface area (TPSA) is 73.8 Å². The van der Waals surface area contributed by atoms with Crippen LogP contribution in [0, 0.1) is 5.92 Å². The SMILES string of the molecule is CCN=C(NC(CC)CS(=O)(=O)c1ccccc1)NC1CN(C(C)C)CC1C. The van der Waals surface area contributed by atoms with Gasteiger partial charge < -0.3 is 10.6 Å². The highest BCUT2D eigenvalue weighted by Gasteiger charge is 2.32. The number of nitrogens with zero attached hydrogens (tertiary/aromatic N) is 2. The Bertz CT molecular complexity index is 734. The molecule has 2 N–H and O–H groups in total. The first-order valence-electron chi connectivity index (χ1n) is 10.4. The number of likely N-dealkylation sites (tertiary alicyclic amines) is 1. The molecule has 1 aromatic rings. The number of aliphatic imine (C=N–C) groups is 1. The highest BCUT2D eigenvalue weighted by atomic mass is 32.2. The maximum Gasteiger partial charge on any atom is 0.191 e. The molecule has 3 unspecified atom stereocenters. The second-order valence-electron chi connectivity index (χ2n) is 7.94. The number of hydrogen-bond donors (Lipinski definition) is 2. The van der Waals surface area contributed by atoms with Gasteiger partial charge in [-0.2, -0.15) is 0 Å². The van der Waals surface area contributed by atoms with Gasteiger partial charge in [0.25, 0.3) is 0 Å². The lowest BCUT2D eigenvalue weighted by Crippen LogP contribution is -2.51. The Labute approximate surface area is 170 Å². The average Bonchev–Trinajstić information content (AvgIpc) is 3.02. The first kappa shape index (κ1) is 22.7. The summed E-state index contributed by atoms with van der Waals surface area (Å²) in [5.74, 6) is 1.27. The minimum atomic E-state index is -3.34. The minimum Gasteiger partial charge on any atom is -0.353 e. The summed E-state index contributed by atoms with van der Waals surface area (Å²) in [7, 11) is -3.34. The Balaban J connectivity index is 2.04. The summed E-state index contributed by atoms with van der Waals surface area (Å²) in [5.41, 5.74) is 0. The van der Waals surface area contributed by atoms with Crippen molar-refractivity contribution >= 4 is 15.8 Å². The van der Waals surface area contributed by atoms with E-state index in [9.17, 15) is 8.42 Å². The Morgan fingerprint density at radius 3 is 2.43 bits per heavy atom. The highest BCUT2D eigenvalue weighted by Crippen LogP contribution is 2.19. The van der Waals surface area contributed by atoms with E-state index < -0.39 is 9.84 Å². The lowest BCUT2D eigenvalue weighted by atomic mass is 10.1. The van der Waals surface area contributed by atoms with Gasteiger partial charge in [0.05, 0.1) is 10.6 Å². The smallest absolute Gasteiger partial charge is 0.191 e. The predicted octanol–water partition coefficient (Wildman–Crippen LogP) is 2.52. The second kappa shape index (κ2) is 10.3. The van der Waals surface area contributed by atoms with Gasteiger partial charge in [-0.3, -0.25) is 9.89 Å². The van der Waals surface area contributed by atoms with Gasteiger partial charge in [0.2, 0.25) is 0 Å². The molecule has 3 atom stereocenters. The van der Waals surface area contributed by atoms with Crippen LogP contribution in [-0.4, -0.2) is 62.8 Å². The van der Waals surface area contributed by atoms with Crippen molar-refractivity contribution in [3.05, 3.63) is 30.3 Å². The molecule has 1 aromatic carbocycles. The summed E-state index contributed by atoms with van der Waals surface area (Å²) in [6.07, 6.45) is 0.703. The molecular formula is C21H36N4O2S. The van der Waals surface area contributed by atoms with Crippen LogP contribution in [0.25, 0.3) is 0 Å². The molecule has 1 aliphatic rings. The van der Waals surface area contributed by atoms with Gasteiger partial charge >= 0.3 is 0 Å². The van der Waals surface area contributed by atoms with Gasteiger partial charge in [-0.05, 0) is 45.2 Å². The highest BCUT2D eigenvalue weighted by molar-refractivity contribution is 7.91. The lowest BCUT2D eigenvalue weighted by molar-refractivity contribution is 0.265. The van der Waals surface area contributed by atoms with Crippen LogP contribution in [-0.2, 0) is 9.84 Å². The van der Waals surface area contributed by atoms with Crippen LogP contribution in [0.2, 0.25) is 0 Å². The van der Waals surface area contributed by atoms with Crippen LogP contribution in [0.15, 0.2) is 40.2 Å². The standard InChI is InChI=1S/C21H36N4O2S/c1-6-18(15-28(26,27)19-11-9-8-10-12-19)23-21(22-7-2)24-20-14-25(16(3)4)13-17(20)5/h8-12,16-18,20H,6-7,13-15H2,1-5H3,(H2,22,23,24). The van der Waals surface area contributed by atoms with Gasteiger partial charge in [-0.1, -0.05) is 32.0 Å². The van der Waals surface area contributed by atoms with Crippen molar-refractivity contribution in [2.24, 2.45) is 10.9 Å². The monoisotopic (exact) mass is 408 g/mol. The molecule has 1 fully saturated rings. The van der Waals surface area contributed by atoms with E-state index in [0.29, 0.717) is 41.8 Å². The maximum absolute atomic E-state index is 12.7. The van der Waals surface area contributed by atoms with Gasteiger partial charge in [-0.25, -0.2) is 8.42 Å². The van der Waals surface area contributed by atoms with Gasteiger partial charge in [0.15, 0.2) is 15.8 Å². The molecule has 158 valence electrons. The van der Waals surface area contributed by atoms with E-state index in [0.717, 1.165) is 13.1 Å². The summed E-state index contributed by atoms with van der Waals surface area (Å²) in [6.45, 7) is 13.4. The molecule has 0 amide bonds. The van der Waals surface area contributed by atoms with E-state index >= 15 is 0 Å². The van der Waals surface area contributed by atoms with E-state index in [1.54, 1.807) is 24.3 Å². The van der Waals surface area contributed by atoms with Crippen LogP contribution in [0.4, 0.5) is 0 Å². The number of sulfone groups is 1. The summed E-state index contributed by atoms with van der Waals surface area (Å²) in [6, 6.07) is 9.29. The summed E-state index contributed by atoms with van der Waals surface area (Å²) < 4.78 is 25.5. The summed E-state index contributed by atoms with van der Waals surface area (Å²) in [4.78, 5) is 7.39. The van der Waals surface area contributed by atoms with Crippen LogP contribution in [0.1, 0.15) is 41.0 Å². The molecule has 1 aliphatic heterocycles. The lowest BCUT2D eigenvalue weighted by Gasteiger charge is -2.25. The van der Waals surface area contributed by atoms with Crippen molar-refractivity contribution < 1.29 is 8.42 Å². The fourth-order valence-electron chi connectivity index (χ4n) is 3.52. The van der Waals surface area contributed by atoms with E-state index in [-0.39, 0.29) is 11.8 Å². The number of rotatable bonds is 8. The molecule has 1 heterocycles. The van der Waals surface area contributed by atoms with Crippen molar-refractivity contribution in [1.29, 1.82) is 0 Å². The number of benzene rings is 1. The first-order valence-corrected chi connectivity index (χ1v) is 12.0. The van der Waals surface area contributed by atoms with E-state index in [1.807, 2.05) is 19.9 Å². The van der Waals surface area contributed by atoms with Crippen molar-refractivity contribution in [2.75, 3.05) is 25.4 Å². The molecule has 7 heteroatoms. The molecule has 2 rings (SSSR count). The van der Waals surface area contributed by atoms with Crippen LogP contribution >= 0.6 is 0 Å². The largest absolute Gasteiger partial charge is 0.353 e. The van der Waals surface area contributed by atoms with Gasteiger partial charge in [0, 0.05) is 37.8 Å². The third-order valence-electron chi connectivity index (χ3n) is 5.37. The quantitative estimate of drug-likeness (QED) is 0.511. The number of hydrogen-bond acceptors (Lipinski definition) is 4. The van der Waals surface area contributed by atoms with E-state index in [2.05, 4.69) is 41.3 Å². The first-order chi connectivity index (χ1) is 13.3. The Hall–Kier alpha value is -1.60. The van der Waals surface area contributed by atoms with Crippen LogP contribution in [0.3, 0.4) is 0 Å². The third kappa shape index (κ3) is 6.21. The summed E-state index contributed by atoms with van der Waals surface area (Å²) in [5, 5.41) is 6.91. The number of nitrogens with one attached hydrogen (secondary N) is 2. The second-order valence-corrected chi connectivity index (χ2v) is 9.98. The molecule has 28 heavy (non-hydrogen) atoms. The fraction of sp³-hybridized carbons (Fsp3) is 0.667. The van der Waals surface area contributed by atoms with Crippen LogP contribution in [0.5, 0.6) is 0 Å². The molecule has 0 spiro atoms. The molecule has 6 nitrogen and oxygen atoms in total. The Morgan fingerprint density at radius 1 is 1.21 bits per heavy atom. The van der Waals surface area contributed by atoms with Gasteiger partial charge in [-0.15, -0.1) is 0 Å².